The highest BCUT2D eigenvalue weighted by Gasteiger charge is 2.32. The van der Waals surface area contributed by atoms with E-state index in [2.05, 4.69) is 4.98 Å². The number of benzene rings is 2. The van der Waals surface area contributed by atoms with Crippen molar-refractivity contribution in [3.63, 3.8) is 0 Å². The van der Waals surface area contributed by atoms with Gasteiger partial charge in [0.2, 0.25) is 0 Å². The van der Waals surface area contributed by atoms with Gasteiger partial charge in [-0.15, -0.1) is 11.3 Å². The van der Waals surface area contributed by atoms with Gasteiger partial charge in [0.25, 0.3) is 0 Å². The lowest BCUT2D eigenvalue weighted by Gasteiger charge is -1.95. The number of aromatic nitrogens is 1. The first-order chi connectivity index (χ1) is 11.6. The number of nitrogens with zero attached hydrogens (tertiary/aromatic N) is 1. The zero-order chi connectivity index (χ0) is 16.7. The molecule has 3 aromatic rings. The van der Waals surface area contributed by atoms with E-state index in [1.54, 1.807) is 42.5 Å². The number of carbonyl (C=O) groups is 2. The number of Topliss-reactive ketones (excluding diaryl/α,β-unsaturated/α-hetero) is 2. The summed E-state index contributed by atoms with van der Waals surface area (Å²) in [6.07, 6.45) is 1.57. The van der Waals surface area contributed by atoms with E-state index in [9.17, 15) is 9.59 Å². The minimum atomic E-state index is -0.239. The normalized spacial score (nSPS) is 13.3. The molecule has 0 saturated heterocycles. The smallest absolute Gasteiger partial charge is 0.197 e. The number of rotatable bonds is 2. The highest BCUT2D eigenvalue weighted by atomic mass is 35.5. The van der Waals surface area contributed by atoms with Gasteiger partial charge in [0.1, 0.15) is 5.01 Å². The Morgan fingerprint density at radius 3 is 2.17 bits per heavy atom. The van der Waals surface area contributed by atoms with E-state index in [0.717, 1.165) is 10.6 Å². The molecule has 0 atom stereocenters. The molecule has 1 heterocycles. The van der Waals surface area contributed by atoms with Gasteiger partial charge >= 0.3 is 0 Å². The van der Waals surface area contributed by atoms with Gasteiger partial charge in [-0.2, -0.15) is 0 Å². The molecular formula is C19H10ClNO2S. The summed E-state index contributed by atoms with van der Waals surface area (Å²) in [5.74, 6) is -0.478. The first kappa shape index (κ1) is 15.0. The quantitative estimate of drug-likeness (QED) is 0.486. The molecule has 0 saturated carbocycles. The molecule has 0 bridgehead atoms. The molecule has 1 aliphatic rings. The summed E-state index contributed by atoms with van der Waals surface area (Å²) in [6, 6.07) is 14.3. The Bertz CT molecular complexity index is 965. The molecule has 3 nitrogen and oxygen atoms in total. The van der Waals surface area contributed by atoms with Gasteiger partial charge in [0, 0.05) is 27.1 Å². The lowest BCUT2D eigenvalue weighted by Crippen LogP contribution is -2.00. The van der Waals surface area contributed by atoms with E-state index in [1.807, 2.05) is 17.5 Å². The van der Waals surface area contributed by atoms with Crippen LogP contribution in [0.2, 0.25) is 5.02 Å². The number of fused-ring (bicyclic) bond motifs is 1. The third-order valence-corrected chi connectivity index (χ3v) is 4.97. The Kier molecular flexibility index (Phi) is 3.63. The lowest BCUT2D eigenvalue weighted by atomic mass is 10.1. The Morgan fingerprint density at radius 2 is 1.54 bits per heavy atom. The molecule has 1 aliphatic carbocycles. The molecule has 0 spiro atoms. The van der Waals surface area contributed by atoms with Crippen LogP contribution >= 0.6 is 22.9 Å². The topological polar surface area (TPSA) is 47.0 Å². The molecule has 0 fully saturated rings. The molecule has 116 valence electrons. The fourth-order valence-electron chi connectivity index (χ4n) is 2.63. The number of thiazole rings is 1. The van der Waals surface area contributed by atoms with Gasteiger partial charge < -0.3 is 0 Å². The Labute approximate surface area is 147 Å². The summed E-state index contributed by atoms with van der Waals surface area (Å²) in [4.78, 5) is 29.3. The van der Waals surface area contributed by atoms with E-state index >= 15 is 0 Å². The Balaban J connectivity index is 1.69. The van der Waals surface area contributed by atoms with Gasteiger partial charge in [-0.3, -0.25) is 9.59 Å². The van der Waals surface area contributed by atoms with Gasteiger partial charge in [-0.25, -0.2) is 4.98 Å². The van der Waals surface area contributed by atoms with Crippen LogP contribution in [0.4, 0.5) is 0 Å². The number of ketones is 2. The largest absolute Gasteiger partial charge is 0.288 e. The maximum atomic E-state index is 12.4. The molecule has 0 unspecified atom stereocenters. The third-order valence-electron chi connectivity index (χ3n) is 3.81. The highest BCUT2D eigenvalue weighted by Crippen LogP contribution is 2.30. The number of carbonyl (C=O) groups excluding carboxylic acids is 2. The minimum absolute atomic E-state index is 0.171. The summed E-state index contributed by atoms with van der Waals surface area (Å²) in [6.45, 7) is 0. The molecule has 5 heteroatoms. The average Bonchev–Trinajstić information content (AvgIpc) is 3.16. The molecule has 2 aromatic carbocycles. The van der Waals surface area contributed by atoms with E-state index in [4.69, 9.17) is 11.6 Å². The predicted octanol–water partition coefficient (Wildman–Crippen LogP) is 4.93. The van der Waals surface area contributed by atoms with Gasteiger partial charge in [-0.05, 0) is 18.2 Å². The molecule has 0 N–H and O–H groups in total. The molecule has 0 radical (unpaired) electrons. The van der Waals surface area contributed by atoms with Crippen molar-refractivity contribution in [2.75, 3.05) is 0 Å². The second-order valence-corrected chi connectivity index (χ2v) is 6.64. The third kappa shape index (κ3) is 2.50. The van der Waals surface area contributed by atoms with Crippen LogP contribution in [0, 0.1) is 0 Å². The van der Waals surface area contributed by atoms with Crippen molar-refractivity contribution in [1.82, 2.24) is 4.98 Å². The fourth-order valence-corrected chi connectivity index (χ4v) is 3.54. The minimum Gasteiger partial charge on any atom is -0.288 e. The molecule has 24 heavy (non-hydrogen) atoms. The average molecular weight is 352 g/mol. The van der Waals surface area contributed by atoms with Crippen LogP contribution in [-0.2, 0) is 0 Å². The molecular weight excluding hydrogens is 342 g/mol. The predicted molar refractivity (Wildman–Crippen MR) is 95.6 cm³/mol. The summed E-state index contributed by atoms with van der Waals surface area (Å²) < 4.78 is 0. The van der Waals surface area contributed by atoms with Crippen molar-refractivity contribution >= 4 is 40.6 Å². The summed E-state index contributed by atoms with van der Waals surface area (Å²) in [5.41, 5.74) is 2.64. The second kappa shape index (κ2) is 5.82. The lowest BCUT2D eigenvalue weighted by molar-refractivity contribution is 0.0990. The monoisotopic (exact) mass is 351 g/mol. The van der Waals surface area contributed by atoms with E-state index in [-0.39, 0.29) is 17.1 Å². The van der Waals surface area contributed by atoms with E-state index in [1.165, 1.54) is 11.3 Å². The van der Waals surface area contributed by atoms with Crippen molar-refractivity contribution in [3.8, 4) is 10.6 Å². The number of halogens is 1. The van der Waals surface area contributed by atoms with Crippen molar-refractivity contribution in [1.29, 1.82) is 0 Å². The van der Waals surface area contributed by atoms with Crippen molar-refractivity contribution in [2.24, 2.45) is 0 Å². The summed E-state index contributed by atoms with van der Waals surface area (Å²) in [5, 5.41) is 3.31. The number of hydrogen-bond donors (Lipinski definition) is 0. The van der Waals surface area contributed by atoms with Crippen LogP contribution in [0.25, 0.3) is 16.6 Å². The summed E-state index contributed by atoms with van der Waals surface area (Å²) in [7, 11) is 0. The Hall–Kier alpha value is -2.56. The maximum absolute atomic E-state index is 12.4. The van der Waals surface area contributed by atoms with Gasteiger partial charge in [-0.1, -0.05) is 48.0 Å². The van der Waals surface area contributed by atoms with Gasteiger partial charge in [0.15, 0.2) is 11.6 Å². The summed E-state index contributed by atoms with van der Waals surface area (Å²) >= 11 is 7.35. The van der Waals surface area contributed by atoms with Crippen molar-refractivity contribution < 1.29 is 9.59 Å². The van der Waals surface area contributed by atoms with E-state index in [0.29, 0.717) is 21.8 Å². The molecule has 0 aliphatic heterocycles. The maximum Gasteiger partial charge on any atom is 0.197 e. The fraction of sp³-hybridized carbons (Fsp3) is 0. The second-order valence-electron chi connectivity index (χ2n) is 5.35. The first-order valence-corrected chi connectivity index (χ1v) is 8.51. The van der Waals surface area contributed by atoms with Crippen molar-refractivity contribution in [3.05, 3.63) is 81.3 Å². The van der Waals surface area contributed by atoms with Crippen LogP contribution in [-0.4, -0.2) is 16.6 Å². The SMILES string of the molecule is O=C1C(=Cc2csc(-c3ccc(Cl)cc3)n2)C(=O)c2ccccc21. The zero-order valence-corrected chi connectivity index (χ0v) is 13.9. The highest BCUT2D eigenvalue weighted by molar-refractivity contribution is 7.13. The molecule has 1 aromatic heterocycles. The van der Waals surface area contributed by atoms with Crippen molar-refractivity contribution in [2.45, 2.75) is 0 Å². The Morgan fingerprint density at radius 1 is 0.917 bits per heavy atom. The number of allylic oxidation sites excluding steroid dienone is 1. The van der Waals surface area contributed by atoms with Gasteiger partial charge in [0.05, 0.1) is 11.3 Å². The number of hydrogen-bond acceptors (Lipinski definition) is 4. The van der Waals surface area contributed by atoms with E-state index < -0.39 is 0 Å². The van der Waals surface area contributed by atoms with Crippen LogP contribution in [0.1, 0.15) is 26.4 Å². The zero-order valence-electron chi connectivity index (χ0n) is 12.3. The van der Waals surface area contributed by atoms with Crippen LogP contribution in [0.15, 0.2) is 59.5 Å². The molecule has 4 rings (SSSR count). The standard InChI is InChI=1S/C19H10ClNO2S/c20-12-7-5-11(6-8-12)19-21-13(10-24-19)9-16-17(22)14-3-1-2-4-15(14)18(16)23/h1-10H. The van der Waals surface area contributed by atoms with Crippen LogP contribution < -0.4 is 0 Å². The van der Waals surface area contributed by atoms with Crippen LogP contribution in [0.3, 0.4) is 0 Å². The van der Waals surface area contributed by atoms with Crippen LogP contribution in [0.5, 0.6) is 0 Å². The molecule has 0 amide bonds. The first-order valence-electron chi connectivity index (χ1n) is 7.25.